The van der Waals surface area contributed by atoms with Crippen LogP contribution in [0, 0.1) is 0 Å². The van der Waals surface area contributed by atoms with Crippen LogP contribution in [0.3, 0.4) is 0 Å². The van der Waals surface area contributed by atoms with Crippen LogP contribution in [-0.4, -0.2) is 19.3 Å². The molecular weight excluding hydrogens is 276 g/mol. The normalized spacial score (nSPS) is 10.4. The van der Waals surface area contributed by atoms with Gasteiger partial charge in [-0.3, -0.25) is 0 Å². The van der Waals surface area contributed by atoms with E-state index in [4.69, 9.17) is 0 Å². The maximum atomic E-state index is 3.52. The molecule has 2 nitrogen and oxygen atoms in total. The van der Waals surface area contributed by atoms with E-state index in [-0.39, 0.29) is 0 Å². The van der Waals surface area contributed by atoms with Crippen LogP contribution >= 0.6 is 11.8 Å². The van der Waals surface area contributed by atoms with Crippen LogP contribution in [0.5, 0.6) is 0 Å². The molecular formula is C18H24N2S. The lowest BCUT2D eigenvalue weighted by atomic mass is 10.2. The molecule has 1 N–H and O–H groups in total. The first-order valence-corrected chi connectivity index (χ1v) is 8.71. The van der Waals surface area contributed by atoms with Gasteiger partial charge in [0.25, 0.3) is 0 Å². The Balaban J connectivity index is 2.00. The molecule has 0 aromatic heterocycles. The van der Waals surface area contributed by atoms with E-state index in [1.165, 1.54) is 21.8 Å². The summed E-state index contributed by atoms with van der Waals surface area (Å²) in [5.41, 5.74) is 3.81. The number of hydrogen-bond acceptors (Lipinski definition) is 3. The fourth-order valence-corrected chi connectivity index (χ4v) is 2.98. The molecule has 0 saturated heterocycles. The summed E-state index contributed by atoms with van der Waals surface area (Å²) in [6.07, 6.45) is 2.11. The van der Waals surface area contributed by atoms with Crippen LogP contribution in [0.1, 0.15) is 19.4 Å². The lowest BCUT2D eigenvalue weighted by Gasteiger charge is -2.21. The Morgan fingerprint density at radius 2 is 1.62 bits per heavy atom. The molecule has 0 aliphatic carbocycles. The second-order valence-corrected chi connectivity index (χ2v) is 5.74. The van der Waals surface area contributed by atoms with Gasteiger partial charge in [0.2, 0.25) is 0 Å². The molecule has 0 saturated carbocycles. The Labute approximate surface area is 132 Å². The standard InChI is InChI=1S/C18H24N2S/c1-4-20(5-2)16-12-10-15(11-13-16)14-19-17-8-6-7-9-18(17)21-3/h6-13,19H,4-5,14H2,1-3H3. The molecule has 21 heavy (non-hydrogen) atoms. The lowest BCUT2D eigenvalue weighted by Crippen LogP contribution is -2.21. The topological polar surface area (TPSA) is 15.3 Å². The van der Waals surface area contributed by atoms with Crippen molar-refractivity contribution < 1.29 is 0 Å². The van der Waals surface area contributed by atoms with Gasteiger partial charge in [0.1, 0.15) is 0 Å². The van der Waals surface area contributed by atoms with E-state index in [0.29, 0.717) is 0 Å². The number of thioether (sulfide) groups is 1. The van der Waals surface area contributed by atoms with E-state index < -0.39 is 0 Å². The fourth-order valence-electron chi connectivity index (χ4n) is 2.40. The van der Waals surface area contributed by atoms with Crippen molar-refractivity contribution in [2.45, 2.75) is 25.3 Å². The van der Waals surface area contributed by atoms with Gasteiger partial charge in [0.05, 0.1) is 0 Å². The van der Waals surface area contributed by atoms with Crippen molar-refractivity contribution in [3.8, 4) is 0 Å². The van der Waals surface area contributed by atoms with Crippen molar-refractivity contribution in [3.63, 3.8) is 0 Å². The Hall–Kier alpha value is -1.61. The van der Waals surface area contributed by atoms with Crippen LogP contribution in [0.4, 0.5) is 11.4 Å². The summed E-state index contributed by atoms with van der Waals surface area (Å²) in [7, 11) is 0. The molecule has 0 heterocycles. The van der Waals surface area contributed by atoms with E-state index >= 15 is 0 Å². The summed E-state index contributed by atoms with van der Waals surface area (Å²) in [5, 5.41) is 3.52. The lowest BCUT2D eigenvalue weighted by molar-refractivity contribution is 0.865. The van der Waals surface area contributed by atoms with Gasteiger partial charge >= 0.3 is 0 Å². The number of anilines is 2. The van der Waals surface area contributed by atoms with E-state index in [1.54, 1.807) is 11.8 Å². The molecule has 2 aromatic carbocycles. The first-order chi connectivity index (χ1) is 10.3. The van der Waals surface area contributed by atoms with Crippen LogP contribution in [0.15, 0.2) is 53.4 Å². The number of hydrogen-bond donors (Lipinski definition) is 1. The predicted molar refractivity (Wildman–Crippen MR) is 95.6 cm³/mol. The summed E-state index contributed by atoms with van der Waals surface area (Å²) in [4.78, 5) is 3.65. The zero-order valence-electron chi connectivity index (χ0n) is 13.1. The summed E-state index contributed by atoms with van der Waals surface area (Å²) in [6.45, 7) is 7.34. The Morgan fingerprint density at radius 3 is 2.24 bits per heavy atom. The van der Waals surface area contributed by atoms with Gasteiger partial charge in [0, 0.05) is 35.9 Å². The minimum Gasteiger partial charge on any atom is -0.380 e. The number of nitrogens with zero attached hydrogens (tertiary/aromatic N) is 1. The first kappa shape index (κ1) is 15.8. The summed E-state index contributed by atoms with van der Waals surface area (Å²) >= 11 is 1.77. The minimum atomic E-state index is 0.857. The molecule has 0 aliphatic rings. The maximum Gasteiger partial charge on any atom is 0.0480 e. The molecule has 0 fully saturated rings. The highest BCUT2D eigenvalue weighted by molar-refractivity contribution is 7.98. The fraction of sp³-hybridized carbons (Fsp3) is 0.333. The third-order valence-electron chi connectivity index (χ3n) is 3.65. The molecule has 0 unspecified atom stereocenters. The quantitative estimate of drug-likeness (QED) is 0.735. The second kappa shape index (κ2) is 7.99. The van der Waals surface area contributed by atoms with Gasteiger partial charge in [-0.15, -0.1) is 11.8 Å². The second-order valence-electron chi connectivity index (χ2n) is 4.89. The third kappa shape index (κ3) is 4.18. The number of para-hydroxylation sites is 1. The molecule has 3 heteroatoms. The predicted octanol–water partition coefficient (Wildman–Crippen LogP) is 4.87. The van der Waals surface area contributed by atoms with Gasteiger partial charge in [-0.1, -0.05) is 24.3 Å². The number of rotatable bonds is 7. The molecule has 2 aromatic rings. The Bertz CT molecular complexity index is 547. The molecule has 2 rings (SSSR count). The van der Waals surface area contributed by atoms with Crippen LogP contribution in [-0.2, 0) is 6.54 Å². The zero-order valence-corrected chi connectivity index (χ0v) is 13.9. The monoisotopic (exact) mass is 300 g/mol. The Kier molecular flexibility index (Phi) is 6.00. The van der Waals surface area contributed by atoms with Crippen molar-refractivity contribution >= 4 is 23.1 Å². The van der Waals surface area contributed by atoms with Crippen molar-refractivity contribution in [1.82, 2.24) is 0 Å². The third-order valence-corrected chi connectivity index (χ3v) is 4.45. The van der Waals surface area contributed by atoms with Gasteiger partial charge in [-0.05, 0) is 49.9 Å². The molecule has 0 aliphatic heterocycles. The largest absolute Gasteiger partial charge is 0.380 e. The molecule has 0 bridgehead atoms. The number of benzene rings is 2. The van der Waals surface area contributed by atoms with Crippen molar-refractivity contribution in [2.24, 2.45) is 0 Å². The van der Waals surface area contributed by atoms with Crippen molar-refractivity contribution in [2.75, 3.05) is 29.6 Å². The van der Waals surface area contributed by atoms with Gasteiger partial charge in [-0.2, -0.15) is 0 Å². The first-order valence-electron chi connectivity index (χ1n) is 7.49. The molecule has 0 amide bonds. The van der Waals surface area contributed by atoms with Gasteiger partial charge in [0.15, 0.2) is 0 Å². The number of nitrogens with one attached hydrogen (secondary N) is 1. The van der Waals surface area contributed by atoms with Crippen LogP contribution in [0.25, 0.3) is 0 Å². The maximum absolute atomic E-state index is 3.52. The molecule has 0 atom stereocenters. The SMILES string of the molecule is CCN(CC)c1ccc(CNc2ccccc2SC)cc1. The van der Waals surface area contributed by atoms with E-state index in [1.807, 2.05) is 0 Å². The summed E-state index contributed by atoms with van der Waals surface area (Å²) in [5.74, 6) is 0. The van der Waals surface area contributed by atoms with E-state index in [9.17, 15) is 0 Å². The highest BCUT2D eigenvalue weighted by Gasteiger charge is 2.03. The smallest absolute Gasteiger partial charge is 0.0480 e. The Morgan fingerprint density at radius 1 is 0.952 bits per heavy atom. The molecule has 0 spiro atoms. The highest BCUT2D eigenvalue weighted by Crippen LogP contribution is 2.25. The molecule has 0 radical (unpaired) electrons. The zero-order chi connectivity index (χ0) is 15.1. The van der Waals surface area contributed by atoms with E-state index in [2.05, 4.69) is 78.9 Å². The van der Waals surface area contributed by atoms with E-state index in [0.717, 1.165) is 19.6 Å². The summed E-state index contributed by atoms with van der Waals surface area (Å²) in [6, 6.07) is 17.3. The highest BCUT2D eigenvalue weighted by atomic mass is 32.2. The average molecular weight is 300 g/mol. The summed E-state index contributed by atoms with van der Waals surface area (Å²) < 4.78 is 0. The molecule has 112 valence electrons. The minimum absolute atomic E-state index is 0.857. The van der Waals surface area contributed by atoms with Gasteiger partial charge in [-0.25, -0.2) is 0 Å². The average Bonchev–Trinajstić information content (AvgIpc) is 2.55. The van der Waals surface area contributed by atoms with Crippen molar-refractivity contribution in [1.29, 1.82) is 0 Å². The van der Waals surface area contributed by atoms with Gasteiger partial charge < -0.3 is 10.2 Å². The van der Waals surface area contributed by atoms with Crippen LogP contribution in [0.2, 0.25) is 0 Å². The van der Waals surface area contributed by atoms with Crippen molar-refractivity contribution in [3.05, 3.63) is 54.1 Å². The van der Waals surface area contributed by atoms with Crippen LogP contribution < -0.4 is 10.2 Å².